The van der Waals surface area contributed by atoms with Gasteiger partial charge in [-0.2, -0.15) is 5.26 Å². The summed E-state index contributed by atoms with van der Waals surface area (Å²) in [5.41, 5.74) is 3.25. The van der Waals surface area contributed by atoms with Gasteiger partial charge in [-0.1, -0.05) is 29.8 Å². The molecule has 0 amide bonds. The van der Waals surface area contributed by atoms with Crippen molar-refractivity contribution in [3.8, 4) is 23.3 Å². The molecule has 0 unspecified atom stereocenters. The summed E-state index contributed by atoms with van der Waals surface area (Å²) in [5.74, 6) is 0.173. The molecule has 162 valence electrons. The summed E-state index contributed by atoms with van der Waals surface area (Å²) >= 11 is 6.04. The van der Waals surface area contributed by atoms with Crippen molar-refractivity contribution in [2.75, 3.05) is 7.11 Å². The number of carbonyl (C=O) groups is 1. The lowest BCUT2D eigenvalue weighted by Gasteiger charge is -2.11. The van der Waals surface area contributed by atoms with Crippen molar-refractivity contribution in [1.82, 2.24) is 4.57 Å². The van der Waals surface area contributed by atoms with Gasteiger partial charge in [-0.25, -0.2) is 4.79 Å². The molecule has 0 saturated carbocycles. The Morgan fingerprint density at radius 2 is 1.70 bits per heavy atom. The van der Waals surface area contributed by atoms with E-state index in [1.54, 1.807) is 54.6 Å². The van der Waals surface area contributed by atoms with Crippen molar-refractivity contribution in [3.05, 3.63) is 113 Å². The number of hydrogen-bond acceptors (Lipinski definition) is 4. The number of carbonyl (C=O) groups excluding carboxylic acids is 1. The van der Waals surface area contributed by atoms with E-state index in [-0.39, 0.29) is 5.75 Å². The first-order chi connectivity index (χ1) is 16.1. The summed E-state index contributed by atoms with van der Waals surface area (Å²) in [5, 5.41) is 10.1. The normalized spacial score (nSPS) is 11.0. The van der Waals surface area contributed by atoms with Gasteiger partial charge in [0.15, 0.2) is 11.5 Å². The van der Waals surface area contributed by atoms with Gasteiger partial charge in [-0.05, 0) is 77.9 Å². The monoisotopic (exact) mass is 454 g/mol. The van der Waals surface area contributed by atoms with E-state index >= 15 is 0 Å². The van der Waals surface area contributed by atoms with E-state index in [0.29, 0.717) is 27.5 Å². The Labute approximate surface area is 196 Å². The van der Waals surface area contributed by atoms with Gasteiger partial charge in [0, 0.05) is 23.1 Å². The fraction of sp³-hybridized carbons (Fsp3) is 0.0370. The number of nitrogens with zero attached hydrogens (tertiary/aromatic N) is 2. The maximum Gasteiger partial charge on any atom is 0.343 e. The molecule has 0 bridgehead atoms. The van der Waals surface area contributed by atoms with Crippen LogP contribution in [0.4, 0.5) is 0 Å². The second-order valence-corrected chi connectivity index (χ2v) is 7.55. The van der Waals surface area contributed by atoms with Gasteiger partial charge < -0.3 is 14.0 Å². The highest BCUT2D eigenvalue weighted by molar-refractivity contribution is 6.30. The van der Waals surface area contributed by atoms with Crippen molar-refractivity contribution >= 4 is 29.2 Å². The van der Waals surface area contributed by atoms with E-state index in [4.69, 9.17) is 21.1 Å². The van der Waals surface area contributed by atoms with Crippen LogP contribution in [0.15, 0.2) is 91.3 Å². The third-order valence-corrected chi connectivity index (χ3v) is 5.20. The molecule has 0 radical (unpaired) electrons. The molecule has 5 nitrogen and oxygen atoms in total. The Morgan fingerprint density at radius 1 is 0.939 bits per heavy atom. The molecule has 33 heavy (non-hydrogen) atoms. The van der Waals surface area contributed by atoms with Gasteiger partial charge in [0.1, 0.15) is 0 Å². The van der Waals surface area contributed by atoms with Crippen molar-refractivity contribution in [2.45, 2.75) is 0 Å². The molecule has 1 aromatic heterocycles. The van der Waals surface area contributed by atoms with Crippen LogP contribution in [0.3, 0.4) is 0 Å². The molecule has 1 heterocycles. The Bertz CT molecular complexity index is 1350. The van der Waals surface area contributed by atoms with Crippen LogP contribution < -0.4 is 9.47 Å². The first-order valence-corrected chi connectivity index (χ1v) is 10.5. The van der Waals surface area contributed by atoms with E-state index in [2.05, 4.69) is 6.07 Å². The molecule has 0 aliphatic carbocycles. The highest BCUT2D eigenvalue weighted by Crippen LogP contribution is 2.31. The van der Waals surface area contributed by atoms with Gasteiger partial charge in [0.05, 0.1) is 24.3 Å². The quantitative estimate of drug-likeness (QED) is 0.146. The zero-order valence-corrected chi connectivity index (χ0v) is 18.5. The molecule has 0 N–H and O–H groups in total. The number of esters is 1. The lowest BCUT2D eigenvalue weighted by Crippen LogP contribution is -2.09. The summed E-state index contributed by atoms with van der Waals surface area (Å²) in [6.45, 7) is 0. The van der Waals surface area contributed by atoms with E-state index in [1.807, 2.05) is 47.3 Å². The minimum absolute atomic E-state index is 0.287. The fourth-order valence-electron chi connectivity index (χ4n) is 3.30. The predicted molar refractivity (Wildman–Crippen MR) is 129 cm³/mol. The lowest BCUT2D eigenvalue weighted by molar-refractivity contribution is 0.0729. The van der Waals surface area contributed by atoms with Crippen LogP contribution in [0.25, 0.3) is 17.3 Å². The van der Waals surface area contributed by atoms with Crippen LogP contribution in [-0.4, -0.2) is 17.6 Å². The SMILES string of the molecule is COc1cc(/C=C(/C#N)c2cccc(Cl)c2)ccc1OC(=O)c1ccc(-n2cccc2)cc1. The highest BCUT2D eigenvalue weighted by atomic mass is 35.5. The van der Waals surface area contributed by atoms with Crippen molar-refractivity contribution < 1.29 is 14.3 Å². The zero-order chi connectivity index (χ0) is 23.2. The highest BCUT2D eigenvalue weighted by Gasteiger charge is 2.13. The minimum Gasteiger partial charge on any atom is -0.493 e. The van der Waals surface area contributed by atoms with Crippen LogP contribution in [0, 0.1) is 11.3 Å². The first kappa shape index (κ1) is 21.9. The molecule has 4 rings (SSSR count). The maximum atomic E-state index is 12.7. The summed E-state index contributed by atoms with van der Waals surface area (Å²) < 4.78 is 12.9. The van der Waals surface area contributed by atoms with Gasteiger partial charge in [0.25, 0.3) is 0 Å². The molecule has 0 aliphatic rings. The topological polar surface area (TPSA) is 64.2 Å². The van der Waals surface area contributed by atoms with E-state index in [0.717, 1.165) is 11.3 Å². The number of allylic oxidation sites excluding steroid dienone is 1. The van der Waals surface area contributed by atoms with Gasteiger partial charge in [-0.3, -0.25) is 0 Å². The number of nitriles is 1. The minimum atomic E-state index is -0.493. The average molecular weight is 455 g/mol. The Kier molecular flexibility index (Phi) is 6.58. The zero-order valence-electron chi connectivity index (χ0n) is 17.7. The third-order valence-electron chi connectivity index (χ3n) is 4.96. The number of methoxy groups -OCH3 is 1. The lowest BCUT2D eigenvalue weighted by atomic mass is 10.0. The third kappa shape index (κ3) is 5.15. The summed E-state index contributed by atoms with van der Waals surface area (Å²) in [7, 11) is 1.49. The van der Waals surface area contributed by atoms with Crippen molar-refractivity contribution in [2.24, 2.45) is 0 Å². The van der Waals surface area contributed by atoms with Crippen molar-refractivity contribution in [1.29, 1.82) is 5.26 Å². The number of halogens is 1. The second-order valence-electron chi connectivity index (χ2n) is 7.12. The summed E-state index contributed by atoms with van der Waals surface area (Å²) in [6, 6.07) is 25.4. The molecule has 0 fully saturated rings. The molecular formula is C27H19ClN2O3. The molecule has 3 aromatic carbocycles. The molecule has 0 saturated heterocycles. The number of hydrogen-bond donors (Lipinski definition) is 0. The predicted octanol–water partition coefficient (Wildman–Crippen LogP) is 6.42. The molecule has 0 aliphatic heterocycles. The van der Waals surface area contributed by atoms with Crippen LogP contribution in [0.5, 0.6) is 11.5 Å². The second kappa shape index (κ2) is 9.90. The van der Waals surface area contributed by atoms with Crippen LogP contribution >= 0.6 is 11.6 Å². The van der Waals surface area contributed by atoms with E-state index in [1.165, 1.54) is 7.11 Å². The summed E-state index contributed by atoms with van der Waals surface area (Å²) in [6.07, 6.45) is 5.58. The Balaban J connectivity index is 1.54. The Morgan fingerprint density at radius 3 is 2.36 bits per heavy atom. The standard InChI is InChI=1S/C27H19ClN2O3/c1-32-26-16-19(15-22(18-29)21-5-4-6-23(28)17-21)7-12-25(26)33-27(31)20-8-10-24(11-9-20)30-13-2-3-14-30/h2-17H,1H3/b22-15-. The van der Waals surface area contributed by atoms with Gasteiger partial charge >= 0.3 is 5.97 Å². The van der Waals surface area contributed by atoms with Crippen molar-refractivity contribution in [3.63, 3.8) is 0 Å². The number of aromatic nitrogens is 1. The van der Waals surface area contributed by atoms with E-state index < -0.39 is 5.97 Å². The molecule has 6 heteroatoms. The maximum absolute atomic E-state index is 12.7. The largest absolute Gasteiger partial charge is 0.493 e. The van der Waals surface area contributed by atoms with E-state index in [9.17, 15) is 10.1 Å². The average Bonchev–Trinajstić information content (AvgIpc) is 3.38. The molecular weight excluding hydrogens is 436 g/mol. The fourth-order valence-corrected chi connectivity index (χ4v) is 3.49. The number of benzene rings is 3. The summed E-state index contributed by atoms with van der Waals surface area (Å²) in [4.78, 5) is 12.7. The number of rotatable bonds is 6. The first-order valence-electron chi connectivity index (χ1n) is 10.1. The van der Waals surface area contributed by atoms with Crippen LogP contribution in [0.2, 0.25) is 5.02 Å². The van der Waals surface area contributed by atoms with Crippen LogP contribution in [-0.2, 0) is 0 Å². The molecule has 0 atom stereocenters. The molecule has 4 aromatic rings. The van der Waals surface area contributed by atoms with Gasteiger partial charge in [0.2, 0.25) is 0 Å². The smallest absolute Gasteiger partial charge is 0.343 e. The van der Waals surface area contributed by atoms with Crippen LogP contribution in [0.1, 0.15) is 21.5 Å². The Hall–Kier alpha value is -4.27. The number of ether oxygens (including phenoxy) is 2. The van der Waals surface area contributed by atoms with Gasteiger partial charge in [-0.15, -0.1) is 0 Å². The molecule has 0 spiro atoms.